The third-order valence-corrected chi connectivity index (χ3v) is 3.15. The van der Waals surface area contributed by atoms with Crippen LogP contribution in [0.4, 0.5) is 10.5 Å². The van der Waals surface area contributed by atoms with Crippen LogP contribution in [0, 0.1) is 5.92 Å². The molecular weight excluding hydrogens is 254 g/mol. The van der Waals surface area contributed by atoms with Crippen LogP contribution in [0.15, 0.2) is 18.2 Å². The van der Waals surface area contributed by atoms with Gasteiger partial charge in [-0.1, -0.05) is 18.5 Å². The van der Waals surface area contributed by atoms with Gasteiger partial charge >= 0.3 is 6.03 Å². The number of amides is 3. The molecular formula is C12H14ClN3O2. The third-order valence-electron chi connectivity index (χ3n) is 2.84. The van der Waals surface area contributed by atoms with Crippen molar-refractivity contribution < 1.29 is 9.59 Å². The number of urea groups is 1. The minimum Gasteiger partial charge on any atom is -0.366 e. The van der Waals surface area contributed by atoms with Crippen molar-refractivity contribution in [1.82, 2.24) is 4.90 Å². The second kappa shape index (κ2) is 4.86. The van der Waals surface area contributed by atoms with E-state index in [2.05, 4.69) is 12.2 Å². The van der Waals surface area contributed by atoms with Crippen molar-refractivity contribution in [3.63, 3.8) is 0 Å². The molecule has 1 heterocycles. The Bertz CT molecular complexity index is 498. The van der Waals surface area contributed by atoms with E-state index < -0.39 is 5.91 Å². The number of carbonyl (C=O) groups excluding carboxylic acids is 2. The van der Waals surface area contributed by atoms with Gasteiger partial charge in [0.2, 0.25) is 5.91 Å². The Balaban J connectivity index is 2.04. The minimum absolute atomic E-state index is 0.156. The van der Waals surface area contributed by atoms with E-state index in [1.807, 2.05) is 0 Å². The van der Waals surface area contributed by atoms with Gasteiger partial charge in [-0.3, -0.25) is 4.79 Å². The highest BCUT2D eigenvalue weighted by Gasteiger charge is 2.27. The molecule has 96 valence electrons. The molecule has 0 bridgehead atoms. The molecule has 0 radical (unpaired) electrons. The first-order chi connectivity index (χ1) is 8.47. The number of likely N-dealkylation sites (tertiary alicyclic amines) is 1. The predicted molar refractivity (Wildman–Crippen MR) is 69.7 cm³/mol. The second-order valence-electron chi connectivity index (χ2n) is 4.50. The van der Waals surface area contributed by atoms with Gasteiger partial charge in [-0.2, -0.15) is 0 Å². The fourth-order valence-corrected chi connectivity index (χ4v) is 2.13. The first-order valence-electron chi connectivity index (χ1n) is 5.62. The van der Waals surface area contributed by atoms with E-state index in [1.165, 1.54) is 12.1 Å². The smallest absolute Gasteiger partial charge is 0.321 e. The molecule has 6 heteroatoms. The number of nitrogens with two attached hydrogens (primary N) is 1. The molecule has 0 atom stereocenters. The second-order valence-corrected chi connectivity index (χ2v) is 4.91. The fourth-order valence-electron chi connectivity index (χ4n) is 1.86. The molecule has 1 aromatic carbocycles. The van der Waals surface area contributed by atoms with Gasteiger partial charge < -0.3 is 16.0 Å². The zero-order valence-electron chi connectivity index (χ0n) is 9.94. The van der Waals surface area contributed by atoms with Crippen molar-refractivity contribution in [3.05, 3.63) is 28.8 Å². The molecule has 1 aliphatic heterocycles. The van der Waals surface area contributed by atoms with Crippen LogP contribution >= 0.6 is 11.6 Å². The normalized spacial score (nSPS) is 15.1. The zero-order valence-corrected chi connectivity index (χ0v) is 10.7. The number of nitrogens with one attached hydrogen (secondary N) is 1. The SMILES string of the molecule is CC1CN(C(=O)Nc2ccc(C(N)=O)c(Cl)c2)C1. The van der Waals surface area contributed by atoms with Crippen LogP contribution in [0.25, 0.3) is 0 Å². The number of carbonyl (C=O) groups is 2. The molecule has 3 N–H and O–H groups in total. The number of hydrogen-bond donors (Lipinski definition) is 2. The molecule has 0 saturated carbocycles. The highest BCUT2D eigenvalue weighted by molar-refractivity contribution is 6.34. The molecule has 1 aliphatic rings. The molecule has 1 saturated heterocycles. The lowest BCUT2D eigenvalue weighted by Gasteiger charge is -2.36. The van der Waals surface area contributed by atoms with Gasteiger partial charge in [0.05, 0.1) is 10.6 Å². The Hall–Kier alpha value is -1.75. The standard InChI is InChI=1S/C12H14ClN3O2/c1-7-5-16(6-7)12(18)15-8-2-3-9(11(14)17)10(13)4-8/h2-4,7H,5-6H2,1H3,(H2,14,17)(H,15,18). The van der Waals surface area contributed by atoms with E-state index in [0.717, 1.165) is 13.1 Å². The lowest BCUT2D eigenvalue weighted by Crippen LogP contribution is -2.50. The predicted octanol–water partition coefficient (Wildman–Crippen LogP) is 1.92. The van der Waals surface area contributed by atoms with Crippen molar-refractivity contribution in [2.75, 3.05) is 18.4 Å². The summed E-state index contributed by atoms with van der Waals surface area (Å²) in [5.41, 5.74) is 5.93. The molecule has 3 amide bonds. The van der Waals surface area contributed by atoms with Gasteiger partial charge in [-0.15, -0.1) is 0 Å². The van der Waals surface area contributed by atoms with Crippen LogP contribution in [0.3, 0.4) is 0 Å². The summed E-state index contributed by atoms with van der Waals surface area (Å²) in [7, 11) is 0. The van der Waals surface area contributed by atoms with Gasteiger partial charge in [0.15, 0.2) is 0 Å². The lowest BCUT2D eigenvalue weighted by molar-refractivity contribution is 0.100. The zero-order chi connectivity index (χ0) is 13.3. The molecule has 0 unspecified atom stereocenters. The number of halogens is 1. The van der Waals surface area contributed by atoms with Crippen LogP contribution in [0.5, 0.6) is 0 Å². The Morgan fingerprint density at radius 2 is 2.11 bits per heavy atom. The summed E-state index contributed by atoms with van der Waals surface area (Å²) in [6.07, 6.45) is 0. The van der Waals surface area contributed by atoms with Crippen LogP contribution in [-0.4, -0.2) is 29.9 Å². The van der Waals surface area contributed by atoms with Crippen LogP contribution < -0.4 is 11.1 Å². The van der Waals surface area contributed by atoms with Crippen LogP contribution in [-0.2, 0) is 0 Å². The number of hydrogen-bond acceptors (Lipinski definition) is 2. The molecule has 0 aliphatic carbocycles. The number of nitrogens with zero attached hydrogens (tertiary/aromatic N) is 1. The third kappa shape index (κ3) is 2.56. The largest absolute Gasteiger partial charge is 0.366 e. The lowest BCUT2D eigenvalue weighted by atomic mass is 10.0. The van der Waals surface area contributed by atoms with Gasteiger partial charge in [0.1, 0.15) is 0 Å². The summed E-state index contributed by atoms with van der Waals surface area (Å²) in [5.74, 6) is -0.0361. The number of anilines is 1. The van der Waals surface area contributed by atoms with E-state index in [4.69, 9.17) is 17.3 Å². The molecule has 18 heavy (non-hydrogen) atoms. The Kier molecular flexibility index (Phi) is 3.43. The maximum absolute atomic E-state index is 11.8. The summed E-state index contributed by atoms with van der Waals surface area (Å²) < 4.78 is 0. The van der Waals surface area contributed by atoms with E-state index >= 15 is 0 Å². The highest BCUT2D eigenvalue weighted by atomic mass is 35.5. The quantitative estimate of drug-likeness (QED) is 0.859. The first-order valence-corrected chi connectivity index (χ1v) is 6.00. The molecule has 0 spiro atoms. The van der Waals surface area contributed by atoms with E-state index in [1.54, 1.807) is 11.0 Å². The molecule has 0 aromatic heterocycles. The number of rotatable bonds is 2. The van der Waals surface area contributed by atoms with Gasteiger partial charge in [-0.05, 0) is 24.1 Å². The molecule has 1 fully saturated rings. The maximum atomic E-state index is 11.8. The Morgan fingerprint density at radius 3 is 2.61 bits per heavy atom. The van der Waals surface area contributed by atoms with Crippen molar-refractivity contribution >= 4 is 29.2 Å². The summed E-state index contributed by atoms with van der Waals surface area (Å²) in [6, 6.07) is 4.46. The molecule has 2 rings (SSSR count). The van der Waals surface area contributed by atoms with Crippen LogP contribution in [0.1, 0.15) is 17.3 Å². The van der Waals surface area contributed by atoms with E-state index in [-0.39, 0.29) is 16.6 Å². The van der Waals surface area contributed by atoms with Crippen molar-refractivity contribution in [3.8, 4) is 0 Å². The average Bonchev–Trinajstić information content (AvgIpc) is 2.24. The van der Waals surface area contributed by atoms with Crippen molar-refractivity contribution in [1.29, 1.82) is 0 Å². The van der Waals surface area contributed by atoms with Gasteiger partial charge in [-0.25, -0.2) is 4.79 Å². The fraction of sp³-hybridized carbons (Fsp3) is 0.333. The van der Waals surface area contributed by atoms with Crippen molar-refractivity contribution in [2.24, 2.45) is 11.7 Å². The number of primary amides is 1. The average molecular weight is 268 g/mol. The highest BCUT2D eigenvalue weighted by Crippen LogP contribution is 2.22. The first kappa shape index (κ1) is 12.7. The van der Waals surface area contributed by atoms with E-state index in [0.29, 0.717) is 11.6 Å². The van der Waals surface area contributed by atoms with Gasteiger partial charge in [0.25, 0.3) is 0 Å². The summed E-state index contributed by atoms with van der Waals surface area (Å²) in [4.78, 5) is 24.5. The summed E-state index contributed by atoms with van der Waals surface area (Å²) >= 11 is 5.89. The summed E-state index contributed by atoms with van der Waals surface area (Å²) in [5, 5.41) is 2.96. The van der Waals surface area contributed by atoms with Crippen LogP contribution in [0.2, 0.25) is 5.02 Å². The topological polar surface area (TPSA) is 75.4 Å². The molecule has 5 nitrogen and oxygen atoms in total. The Morgan fingerprint density at radius 1 is 1.44 bits per heavy atom. The van der Waals surface area contributed by atoms with Gasteiger partial charge in [0, 0.05) is 18.8 Å². The number of benzene rings is 1. The summed E-state index contributed by atoms with van der Waals surface area (Å²) in [6.45, 7) is 3.61. The molecule has 1 aromatic rings. The van der Waals surface area contributed by atoms with Crippen molar-refractivity contribution in [2.45, 2.75) is 6.92 Å². The Labute approximate surface area is 110 Å². The monoisotopic (exact) mass is 267 g/mol. The maximum Gasteiger partial charge on any atom is 0.321 e. The van der Waals surface area contributed by atoms with E-state index in [9.17, 15) is 9.59 Å². The minimum atomic E-state index is -0.588.